The molecular formula is C17H23ClN4. The van der Waals surface area contributed by atoms with Gasteiger partial charge in [-0.2, -0.15) is 0 Å². The Balaban J connectivity index is 1.69. The molecule has 0 saturated heterocycles. The van der Waals surface area contributed by atoms with Crippen LogP contribution in [0.25, 0.3) is 0 Å². The van der Waals surface area contributed by atoms with E-state index >= 15 is 0 Å². The van der Waals surface area contributed by atoms with E-state index in [-0.39, 0.29) is 0 Å². The minimum Gasteiger partial charge on any atom is -0.313 e. The third kappa shape index (κ3) is 3.33. The summed E-state index contributed by atoms with van der Waals surface area (Å²) in [5.74, 6) is 2.84. The van der Waals surface area contributed by atoms with Crippen LogP contribution in [0.4, 0.5) is 0 Å². The molecule has 0 radical (unpaired) electrons. The summed E-state index contributed by atoms with van der Waals surface area (Å²) in [6.45, 7) is 10.3. The normalized spacial score (nSPS) is 15.3. The van der Waals surface area contributed by atoms with Crippen molar-refractivity contribution in [2.45, 2.75) is 46.8 Å². The molecule has 118 valence electrons. The van der Waals surface area contributed by atoms with Crippen molar-refractivity contribution in [3.63, 3.8) is 0 Å². The molecule has 0 atom stereocenters. The van der Waals surface area contributed by atoms with Crippen LogP contribution in [0, 0.1) is 12.8 Å². The van der Waals surface area contributed by atoms with E-state index in [1.807, 2.05) is 6.07 Å². The molecule has 0 bridgehead atoms. The van der Waals surface area contributed by atoms with Crippen molar-refractivity contribution in [1.29, 1.82) is 0 Å². The van der Waals surface area contributed by atoms with Gasteiger partial charge in [-0.25, -0.2) is 0 Å². The number of hydrogen-bond donors (Lipinski definition) is 0. The SMILES string of the molecule is Cc1cc(CN2CCn3c(CC(C)C)nnc3C2)ccc1Cl. The van der Waals surface area contributed by atoms with E-state index in [9.17, 15) is 0 Å². The fourth-order valence-corrected chi connectivity index (χ4v) is 3.10. The molecule has 2 aromatic rings. The average Bonchev–Trinajstić information content (AvgIpc) is 2.85. The third-order valence-electron chi connectivity index (χ3n) is 4.13. The van der Waals surface area contributed by atoms with Gasteiger partial charge in [0, 0.05) is 31.1 Å². The predicted molar refractivity (Wildman–Crippen MR) is 88.9 cm³/mol. The summed E-state index contributed by atoms with van der Waals surface area (Å²) in [4.78, 5) is 2.42. The first-order chi connectivity index (χ1) is 10.5. The lowest BCUT2D eigenvalue weighted by molar-refractivity contribution is 0.207. The van der Waals surface area contributed by atoms with Crippen molar-refractivity contribution in [1.82, 2.24) is 19.7 Å². The first-order valence-electron chi connectivity index (χ1n) is 7.91. The number of fused-ring (bicyclic) bond motifs is 1. The zero-order valence-corrected chi connectivity index (χ0v) is 14.3. The van der Waals surface area contributed by atoms with Crippen LogP contribution in [0.3, 0.4) is 0 Å². The second-order valence-corrected chi connectivity index (χ2v) is 6.98. The molecule has 1 aliphatic rings. The van der Waals surface area contributed by atoms with Gasteiger partial charge in [0.15, 0.2) is 0 Å². The Labute approximate surface area is 137 Å². The highest BCUT2D eigenvalue weighted by Crippen LogP contribution is 2.20. The lowest BCUT2D eigenvalue weighted by Gasteiger charge is -2.28. The Bertz CT molecular complexity index is 663. The molecule has 0 saturated carbocycles. The molecule has 1 aromatic heterocycles. The minimum atomic E-state index is 0.614. The quantitative estimate of drug-likeness (QED) is 0.866. The van der Waals surface area contributed by atoms with Crippen molar-refractivity contribution < 1.29 is 0 Å². The van der Waals surface area contributed by atoms with Crippen molar-refractivity contribution in [3.8, 4) is 0 Å². The van der Waals surface area contributed by atoms with E-state index in [0.29, 0.717) is 5.92 Å². The number of benzene rings is 1. The van der Waals surface area contributed by atoms with Crippen LogP contribution in [-0.4, -0.2) is 26.2 Å². The molecule has 0 aliphatic carbocycles. The summed E-state index contributed by atoms with van der Waals surface area (Å²) in [5.41, 5.74) is 2.44. The number of aromatic nitrogens is 3. The highest BCUT2D eigenvalue weighted by Gasteiger charge is 2.21. The van der Waals surface area contributed by atoms with Crippen molar-refractivity contribution in [2.75, 3.05) is 6.54 Å². The molecule has 0 unspecified atom stereocenters. The topological polar surface area (TPSA) is 34.0 Å². The molecule has 0 N–H and O–H groups in total. The number of nitrogens with zero attached hydrogens (tertiary/aromatic N) is 4. The van der Waals surface area contributed by atoms with E-state index in [0.717, 1.165) is 54.8 Å². The van der Waals surface area contributed by atoms with Gasteiger partial charge in [-0.1, -0.05) is 37.6 Å². The van der Waals surface area contributed by atoms with Gasteiger partial charge in [-0.15, -0.1) is 10.2 Å². The van der Waals surface area contributed by atoms with Gasteiger partial charge in [0.1, 0.15) is 11.6 Å². The lowest BCUT2D eigenvalue weighted by Crippen LogP contribution is -2.34. The van der Waals surface area contributed by atoms with Gasteiger partial charge in [-0.3, -0.25) is 4.90 Å². The molecule has 0 amide bonds. The van der Waals surface area contributed by atoms with Crippen LogP contribution in [0.1, 0.15) is 36.6 Å². The Hall–Kier alpha value is -1.39. The maximum absolute atomic E-state index is 6.10. The van der Waals surface area contributed by atoms with Crippen LogP contribution >= 0.6 is 11.6 Å². The largest absolute Gasteiger partial charge is 0.313 e. The summed E-state index contributed by atoms with van der Waals surface area (Å²) in [7, 11) is 0. The predicted octanol–water partition coefficient (Wildman–Crippen LogP) is 3.45. The molecular weight excluding hydrogens is 296 g/mol. The molecule has 0 fully saturated rings. The number of aryl methyl sites for hydroxylation is 1. The third-order valence-corrected chi connectivity index (χ3v) is 4.55. The number of rotatable bonds is 4. The molecule has 4 nitrogen and oxygen atoms in total. The summed E-state index contributed by atoms with van der Waals surface area (Å²) < 4.78 is 2.30. The summed E-state index contributed by atoms with van der Waals surface area (Å²) in [5, 5.41) is 9.59. The smallest absolute Gasteiger partial charge is 0.147 e. The van der Waals surface area contributed by atoms with Crippen LogP contribution < -0.4 is 0 Å². The van der Waals surface area contributed by atoms with Gasteiger partial charge in [0.2, 0.25) is 0 Å². The van der Waals surface area contributed by atoms with Gasteiger partial charge >= 0.3 is 0 Å². The standard InChI is InChI=1S/C17H23ClN4/c1-12(2)8-16-19-20-17-11-21(6-7-22(16)17)10-14-4-5-15(18)13(3)9-14/h4-5,9,12H,6-8,10-11H2,1-3H3. The second kappa shape index (κ2) is 6.39. The van der Waals surface area contributed by atoms with E-state index in [1.54, 1.807) is 0 Å². The molecule has 2 heterocycles. The average molecular weight is 319 g/mol. The van der Waals surface area contributed by atoms with Crippen molar-refractivity contribution in [3.05, 3.63) is 46.0 Å². The van der Waals surface area contributed by atoms with E-state index in [1.165, 1.54) is 5.56 Å². The molecule has 1 aromatic carbocycles. The van der Waals surface area contributed by atoms with Gasteiger partial charge in [0.25, 0.3) is 0 Å². The number of hydrogen-bond acceptors (Lipinski definition) is 3. The fourth-order valence-electron chi connectivity index (χ4n) is 2.98. The Morgan fingerprint density at radius 3 is 2.77 bits per heavy atom. The highest BCUT2D eigenvalue weighted by molar-refractivity contribution is 6.31. The van der Waals surface area contributed by atoms with Crippen LogP contribution in [0.2, 0.25) is 5.02 Å². The Morgan fingerprint density at radius 1 is 1.23 bits per heavy atom. The summed E-state index contributed by atoms with van der Waals surface area (Å²) in [6, 6.07) is 6.27. The molecule has 1 aliphatic heterocycles. The van der Waals surface area contributed by atoms with Gasteiger partial charge in [0.05, 0.1) is 6.54 Å². The van der Waals surface area contributed by atoms with E-state index in [2.05, 4.69) is 52.6 Å². The van der Waals surface area contributed by atoms with Crippen molar-refractivity contribution >= 4 is 11.6 Å². The van der Waals surface area contributed by atoms with E-state index in [4.69, 9.17) is 11.6 Å². The fraction of sp³-hybridized carbons (Fsp3) is 0.529. The van der Waals surface area contributed by atoms with Gasteiger partial charge < -0.3 is 4.57 Å². The molecule has 22 heavy (non-hydrogen) atoms. The monoisotopic (exact) mass is 318 g/mol. The summed E-state index contributed by atoms with van der Waals surface area (Å²) >= 11 is 6.10. The van der Waals surface area contributed by atoms with Crippen LogP contribution in [-0.2, 0) is 26.1 Å². The number of halogens is 1. The van der Waals surface area contributed by atoms with E-state index < -0.39 is 0 Å². The maximum atomic E-state index is 6.10. The Kier molecular flexibility index (Phi) is 4.50. The first-order valence-corrected chi connectivity index (χ1v) is 8.29. The maximum Gasteiger partial charge on any atom is 0.147 e. The Morgan fingerprint density at radius 2 is 2.05 bits per heavy atom. The summed E-state index contributed by atoms with van der Waals surface area (Å²) in [6.07, 6.45) is 1.00. The molecule has 0 spiro atoms. The zero-order chi connectivity index (χ0) is 15.7. The van der Waals surface area contributed by atoms with Crippen LogP contribution in [0.5, 0.6) is 0 Å². The van der Waals surface area contributed by atoms with Crippen LogP contribution in [0.15, 0.2) is 18.2 Å². The molecule has 5 heteroatoms. The van der Waals surface area contributed by atoms with Crippen molar-refractivity contribution in [2.24, 2.45) is 5.92 Å². The highest BCUT2D eigenvalue weighted by atomic mass is 35.5. The van der Waals surface area contributed by atoms with Gasteiger partial charge in [-0.05, 0) is 30.0 Å². The lowest BCUT2D eigenvalue weighted by atomic mass is 10.1. The molecule has 3 rings (SSSR count). The second-order valence-electron chi connectivity index (χ2n) is 6.58. The first kappa shape index (κ1) is 15.5. The zero-order valence-electron chi connectivity index (χ0n) is 13.5. The minimum absolute atomic E-state index is 0.614.